The molecule has 1 aromatic heterocycles. The number of hydrogen-bond donors (Lipinski definition) is 1. The maximum Gasteiger partial charge on any atom is 0.343 e. The fourth-order valence-corrected chi connectivity index (χ4v) is 2.69. The largest absolute Gasteiger partial charge is 0.421 e. The van der Waals surface area contributed by atoms with Crippen molar-refractivity contribution in [3.05, 3.63) is 81.6 Å². The number of amides is 1. The summed E-state index contributed by atoms with van der Waals surface area (Å²) in [5.41, 5.74) is 1.75. The van der Waals surface area contributed by atoms with Crippen LogP contribution in [-0.2, 0) is 4.79 Å². The van der Waals surface area contributed by atoms with Crippen molar-refractivity contribution in [1.29, 1.82) is 5.26 Å². The third-order valence-electron chi connectivity index (χ3n) is 3.99. The van der Waals surface area contributed by atoms with Crippen LogP contribution in [0.5, 0.6) is 5.75 Å². The Kier molecular flexibility index (Phi) is 6.30. The van der Waals surface area contributed by atoms with Crippen molar-refractivity contribution in [3.8, 4) is 11.8 Å². The summed E-state index contributed by atoms with van der Waals surface area (Å²) in [6.45, 7) is 3.60. The Morgan fingerprint density at radius 2 is 1.90 bits per heavy atom. The lowest BCUT2D eigenvalue weighted by Crippen LogP contribution is -2.13. The zero-order valence-electron chi connectivity index (χ0n) is 16.1. The second-order valence-corrected chi connectivity index (χ2v) is 6.80. The number of halogens is 1. The number of nitriles is 1. The van der Waals surface area contributed by atoms with Gasteiger partial charge in [-0.2, -0.15) is 5.26 Å². The summed E-state index contributed by atoms with van der Waals surface area (Å²) in [5.74, 6) is -0.289. The molecule has 1 N–H and O–H groups in total. The van der Waals surface area contributed by atoms with Crippen LogP contribution in [0, 0.1) is 25.2 Å². The molecular weight excluding hydrogens is 406 g/mol. The Bertz CT molecular complexity index is 1170. The van der Waals surface area contributed by atoms with E-state index in [-0.39, 0.29) is 22.2 Å². The number of hydrogen-bond acceptors (Lipinski definition) is 6. The number of carbonyl (C=O) groups is 2. The first-order chi connectivity index (χ1) is 14.4. The van der Waals surface area contributed by atoms with Gasteiger partial charge < -0.3 is 14.6 Å². The number of nitrogens with one attached hydrogen (secondary N) is 1. The van der Waals surface area contributed by atoms with E-state index in [1.54, 1.807) is 37.3 Å². The molecule has 3 aromatic rings. The zero-order valence-corrected chi connectivity index (χ0v) is 16.9. The normalized spacial score (nSPS) is 10.9. The molecule has 0 unspecified atom stereocenters. The molecule has 3 rings (SSSR count). The molecule has 0 radical (unpaired) electrons. The van der Waals surface area contributed by atoms with Gasteiger partial charge in [-0.25, -0.2) is 4.79 Å². The van der Waals surface area contributed by atoms with E-state index in [0.29, 0.717) is 16.9 Å². The summed E-state index contributed by atoms with van der Waals surface area (Å²) in [7, 11) is 0. The molecule has 8 heteroatoms. The number of nitrogens with zero attached hydrogens (tertiary/aromatic N) is 2. The Morgan fingerprint density at radius 3 is 2.50 bits per heavy atom. The number of esters is 1. The van der Waals surface area contributed by atoms with Crippen LogP contribution in [0.2, 0.25) is 5.02 Å². The summed E-state index contributed by atoms with van der Waals surface area (Å²) in [6.07, 6.45) is 1.36. The van der Waals surface area contributed by atoms with E-state index in [4.69, 9.17) is 20.9 Å². The molecule has 30 heavy (non-hydrogen) atoms. The van der Waals surface area contributed by atoms with Crippen LogP contribution in [0.4, 0.5) is 5.82 Å². The number of carbonyl (C=O) groups excluding carboxylic acids is 2. The van der Waals surface area contributed by atoms with Gasteiger partial charge in [0.2, 0.25) is 0 Å². The average Bonchev–Trinajstić information content (AvgIpc) is 3.13. The highest BCUT2D eigenvalue weighted by molar-refractivity contribution is 6.32. The molecule has 150 valence electrons. The summed E-state index contributed by atoms with van der Waals surface area (Å²) in [5, 5.41) is 15.6. The predicted octanol–water partition coefficient (Wildman–Crippen LogP) is 4.71. The van der Waals surface area contributed by atoms with Crippen molar-refractivity contribution in [2.45, 2.75) is 13.8 Å². The second-order valence-electron chi connectivity index (χ2n) is 6.39. The highest BCUT2D eigenvalue weighted by Gasteiger charge is 2.14. The van der Waals surface area contributed by atoms with Gasteiger partial charge in [-0.3, -0.25) is 4.79 Å². The first kappa shape index (κ1) is 20.8. The van der Waals surface area contributed by atoms with Gasteiger partial charge in [-0.05, 0) is 49.8 Å². The molecule has 0 aliphatic rings. The Morgan fingerprint density at radius 1 is 1.17 bits per heavy atom. The van der Waals surface area contributed by atoms with Gasteiger partial charge in [0.1, 0.15) is 23.2 Å². The van der Waals surface area contributed by atoms with Gasteiger partial charge in [-0.15, -0.1) is 0 Å². The molecule has 0 aliphatic heterocycles. The Labute approximate surface area is 177 Å². The minimum Gasteiger partial charge on any atom is -0.421 e. The number of aromatic nitrogens is 1. The Hall–Kier alpha value is -3.89. The van der Waals surface area contributed by atoms with E-state index in [1.165, 1.54) is 24.3 Å². The number of rotatable bonds is 5. The standard InChI is InChI=1S/C22H16ClN3O4/c1-13-3-6-16(7-4-13)22(28)29-19-8-5-15(11-18(19)23)10-17(12-24)21(27)25-20-9-14(2)30-26-20/h3-11H,1-2H3,(H,25,26,27). The lowest BCUT2D eigenvalue weighted by molar-refractivity contribution is -0.112. The molecule has 0 saturated heterocycles. The van der Waals surface area contributed by atoms with Crippen LogP contribution in [0.25, 0.3) is 6.08 Å². The van der Waals surface area contributed by atoms with Crippen molar-refractivity contribution >= 4 is 35.4 Å². The van der Waals surface area contributed by atoms with Crippen LogP contribution in [0.15, 0.2) is 58.6 Å². The lowest BCUT2D eigenvalue weighted by Gasteiger charge is -2.07. The van der Waals surface area contributed by atoms with Crippen molar-refractivity contribution in [1.82, 2.24) is 5.16 Å². The molecule has 1 amide bonds. The summed E-state index contributed by atoms with van der Waals surface area (Å²) < 4.78 is 10.2. The quantitative estimate of drug-likeness (QED) is 0.277. The monoisotopic (exact) mass is 421 g/mol. The fourth-order valence-electron chi connectivity index (χ4n) is 2.46. The van der Waals surface area contributed by atoms with Crippen LogP contribution in [0.1, 0.15) is 27.2 Å². The molecule has 7 nitrogen and oxygen atoms in total. The molecule has 0 fully saturated rings. The van der Waals surface area contributed by atoms with Gasteiger partial charge in [0.25, 0.3) is 5.91 Å². The van der Waals surface area contributed by atoms with E-state index in [9.17, 15) is 14.9 Å². The van der Waals surface area contributed by atoms with Crippen LogP contribution in [-0.4, -0.2) is 17.0 Å². The third kappa shape index (κ3) is 5.13. The first-order valence-electron chi connectivity index (χ1n) is 8.80. The summed E-state index contributed by atoms with van der Waals surface area (Å²) in [6, 6.07) is 14.9. The molecule has 1 heterocycles. The molecule has 0 bridgehead atoms. The van der Waals surface area contributed by atoms with Crippen molar-refractivity contribution in [3.63, 3.8) is 0 Å². The zero-order chi connectivity index (χ0) is 21.7. The van der Waals surface area contributed by atoms with Crippen molar-refractivity contribution in [2.24, 2.45) is 0 Å². The maximum atomic E-state index is 12.2. The highest BCUT2D eigenvalue weighted by atomic mass is 35.5. The van der Waals surface area contributed by atoms with E-state index in [1.807, 2.05) is 13.0 Å². The molecular formula is C22H16ClN3O4. The van der Waals surface area contributed by atoms with E-state index in [2.05, 4.69) is 10.5 Å². The van der Waals surface area contributed by atoms with Crippen molar-refractivity contribution in [2.75, 3.05) is 5.32 Å². The van der Waals surface area contributed by atoms with E-state index in [0.717, 1.165) is 5.56 Å². The minimum atomic E-state index is -0.642. The van der Waals surface area contributed by atoms with Gasteiger partial charge in [0, 0.05) is 6.07 Å². The molecule has 0 aliphatic carbocycles. The lowest BCUT2D eigenvalue weighted by atomic mass is 10.1. The summed E-state index contributed by atoms with van der Waals surface area (Å²) >= 11 is 6.21. The SMILES string of the molecule is Cc1ccc(C(=O)Oc2ccc(C=C(C#N)C(=O)Nc3cc(C)on3)cc2Cl)cc1. The maximum absolute atomic E-state index is 12.2. The number of anilines is 1. The predicted molar refractivity (Wildman–Crippen MR) is 111 cm³/mol. The average molecular weight is 422 g/mol. The van der Waals surface area contributed by atoms with Gasteiger partial charge in [-0.1, -0.05) is 40.5 Å². The molecule has 0 spiro atoms. The van der Waals surface area contributed by atoms with E-state index < -0.39 is 11.9 Å². The number of benzene rings is 2. The van der Waals surface area contributed by atoms with Crippen LogP contribution >= 0.6 is 11.6 Å². The summed E-state index contributed by atoms with van der Waals surface area (Å²) in [4.78, 5) is 24.5. The van der Waals surface area contributed by atoms with Gasteiger partial charge in [0.05, 0.1) is 10.6 Å². The smallest absolute Gasteiger partial charge is 0.343 e. The Balaban J connectivity index is 1.74. The topological polar surface area (TPSA) is 105 Å². The minimum absolute atomic E-state index is 0.156. The van der Waals surface area contributed by atoms with Crippen molar-refractivity contribution < 1.29 is 18.8 Å². The second kappa shape index (κ2) is 9.07. The van der Waals surface area contributed by atoms with Gasteiger partial charge in [0.15, 0.2) is 5.82 Å². The third-order valence-corrected chi connectivity index (χ3v) is 4.29. The van der Waals surface area contributed by atoms with E-state index >= 15 is 0 Å². The fraction of sp³-hybridized carbons (Fsp3) is 0.0909. The first-order valence-corrected chi connectivity index (χ1v) is 9.18. The highest BCUT2D eigenvalue weighted by Crippen LogP contribution is 2.27. The number of ether oxygens (including phenoxy) is 1. The number of aryl methyl sites for hydroxylation is 2. The molecule has 2 aromatic carbocycles. The van der Waals surface area contributed by atoms with Crippen LogP contribution < -0.4 is 10.1 Å². The molecule has 0 atom stereocenters. The van der Waals surface area contributed by atoms with Gasteiger partial charge >= 0.3 is 5.97 Å². The van der Waals surface area contributed by atoms with Crippen LogP contribution in [0.3, 0.4) is 0 Å². The molecule has 0 saturated carbocycles.